The Morgan fingerprint density at radius 1 is 1.14 bits per heavy atom. The molecule has 7 heteroatoms. The van der Waals surface area contributed by atoms with E-state index < -0.39 is 23.8 Å². The van der Waals surface area contributed by atoms with Crippen LogP contribution < -0.4 is 10.6 Å². The molecule has 0 bridgehead atoms. The van der Waals surface area contributed by atoms with Crippen LogP contribution in [0.25, 0.3) is 0 Å². The molecular formula is C7H6N4O3. The van der Waals surface area contributed by atoms with Crippen LogP contribution in [0.4, 0.5) is 4.79 Å². The van der Waals surface area contributed by atoms with Gasteiger partial charge in [-0.25, -0.2) is 4.79 Å². The fourth-order valence-corrected chi connectivity index (χ4v) is 1.23. The minimum atomic E-state index is -1.03. The molecule has 1 aliphatic rings. The first-order chi connectivity index (χ1) is 6.68. The molecule has 0 saturated carbocycles. The minimum absolute atomic E-state index is 0.354. The number of nitrogens with zero attached hydrogens (tertiary/aromatic N) is 1. The van der Waals surface area contributed by atoms with Crippen molar-refractivity contribution in [2.75, 3.05) is 0 Å². The Balaban J connectivity index is 2.31. The van der Waals surface area contributed by atoms with Crippen molar-refractivity contribution in [1.29, 1.82) is 0 Å². The van der Waals surface area contributed by atoms with Gasteiger partial charge in [-0.1, -0.05) is 0 Å². The minimum Gasteiger partial charge on any atom is -0.281 e. The van der Waals surface area contributed by atoms with Crippen molar-refractivity contribution < 1.29 is 14.4 Å². The summed E-state index contributed by atoms with van der Waals surface area (Å²) in [6.45, 7) is 0. The number of amides is 4. The van der Waals surface area contributed by atoms with E-state index in [1.165, 1.54) is 12.3 Å². The van der Waals surface area contributed by atoms with Gasteiger partial charge in [-0.05, 0) is 6.07 Å². The first-order valence-electron chi connectivity index (χ1n) is 3.83. The van der Waals surface area contributed by atoms with E-state index in [0.29, 0.717) is 5.69 Å². The summed E-state index contributed by atoms with van der Waals surface area (Å²) in [6, 6.07) is 0.704. The number of H-pyrrole nitrogens is 1. The largest absolute Gasteiger partial charge is 0.328 e. The van der Waals surface area contributed by atoms with Crippen LogP contribution >= 0.6 is 0 Å². The maximum absolute atomic E-state index is 11.3. The Bertz CT molecular complexity index is 377. The first-order valence-corrected chi connectivity index (χ1v) is 3.83. The van der Waals surface area contributed by atoms with Gasteiger partial charge in [0.2, 0.25) is 11.8 Å². The lowest BCUT2D eigenvalue weighted by atomic mass is 10.0. The van der Waals surface area contributed by atoms with Crippen LogP contribution in [0.15, 0.2) is 12.3 Å². The summed E-state index contributed by atoms with van der Waals surface area (Å²) < 4.78 is 0. The maximum atomic E-state index is 11.3. The van der Waals surface area contributed by atoms with E-state index >= 15 is 0 Å². The fraction of sp³-hybridized carbons (Fsp3) is 0.143. The fourth-order valence-electron chi connectivity index (χ4n) is 1.23. The van der Waals surface area contributed by atoms with E-state index in [0.717, 1.165) is 0 Å². The number of barbiturate groups is 1. The molecule has 0 aliphatic carbocycles. The van der Waals surface area contributed by atoms with Crippen LogP contribution in [-0.4, -0.2) is 28.0 Å². The molecule has 1 aromatic heterocycles. The molecule has 0 atom stereocenters. The Morgan fingerprint density at radius 3 is 2.29 bits per heavy atom. The van der Waals surface area contributed by atoms with Gasteiger partial charge in [-0.2, -0.15) is 5.10 Å². The van der Waals surface area contributed by atoms with E-state index in [2.05, 4.69) is 10.2 Å². The van der Waals surface area contributed by atoms with Crippen molar-refractivity contribution in [2.24, 2.45) is 0 Å². The third-order valence-corrected chi connectivity index (χ3v) is 1.83. The molecule has 1 saturated heterocycles. The maximum Gasteiger partial charge on any atom is 0.328 e. The van der Waals surface area contributed by atoms with Crippen LogP contribution in [0.1, 0.15) is 11.6 Å². The summed E-state index contributed by atoms with van der Waals surface area (Å²) in [4.78, 5) is 33.3. The van der Waals surface area contributed by atoms with Crippen LogP contribution in [0, 0.1) is 0 Å². The molecule has 4 amide bonds. The number of carbonyl (C=O) groups excluding carboxylic acids is 3. The molecule has 2 heterocycles. The average Bonchev–Trinajstić information content (AvgIpc) is 2.54. The smallest absolute Gasteiger partial charge is 0.281 e. The molecule has 1 fully saturated rings. The highest BCUT2D eigenvalue weighted by Gasteiger charge is 2.36. The molecule has 3 N–H and O–H groups in total. The normalized spacial score (nSPS) is 17.9. The van der Waals surface area contributed by atoms with Crippen LogP contribution in [0.5, 0.6) is 0 Å². The number of urea groups is 1. The summed E-state index contributed by atoms with van der Waals surface area (Å²) in [5.74, 6) is -2.33. The Kier molecular flexibility index (Phi) is 1.77. The molecule has 0 aromatic carbocycles. The van der Waals surface area contributed by atoms with Gasteiger partial charge in [0, 0.05) is 6.20 Å². The zero-order chi connectivity index (χ0) is 10.1. The second kappa shape index (κ2) is 2.95. The number of hydrogen-bond acceptors (Lipinski definition) is 4. The molecule has 2 rings (SSSR count). The number of rotatable bonds is 1. The van der Waals surface area contributed by atoms with Gasteiger partial charge in [0.15, 0.2) is 5.92 Å². The van der Waals surface area contributed by atoms with Crippen LogP contribution in [0.3, 0.4) is 0 Å². The summed E-state index contributed by atoms with van der Waals surface area (Å²) >= 11 is 0. The molecule has 72 valence electrons. The average molecular weight is 194 g/mol. The predicted octanol–water partition coefficient (Wildman–Crippen LogP) is -1.14. The summed E-state index contributed by atoms with van der Waals surface area (Å²) in [7, 11) is 0. The Hall–Kier alpha value is -2.18. The van der Waals surface area contributed by atoms with E-state index in [9.17, 15) is 14.4 Å². The van der Waals surface area contributed by atoms with Crippen molar-refractivity contribution in [3.8, 4) is 0 Å². The number of aromatic amines is 1. The van der Waals surface area contributed by atoms with E-state index in [1.54, 1.807) is 0 Å². The SMILES string of the molecule is O=C1NC(=O)C(c2ccn[nH]2)C(=O)N1. The highest BCUT2D eigenvalue weighted by molar-refractivity contribution is 6.19. The van der Waals surface area contributed by atoms with Crippen molar-refractivity contribution in [1.82, 2.24) is 20.8 Å². The summed E-state index contributed by atoms with van der Waals surface area (Å²) in [5.41, 5.74) is 0.354. The number of aromatic nitrogens is 2. The highest BCUT2D eigenvalue weighted by atomic mass is 16.2. The monoisotopic (exact) mass is 194 g/mol. The van der Waals surface area contributed by atoms with Crippen molar-refractivity contribution in [3.05, 3.63) is 18.0 Å². The van der Waals surface area contributed by atoms with Crippen molar-refractivity contribution in [2.45, 2.75) is 5.92 Å². The summed E-state index contributed by atoms with van der Waals surface area (Å²) in [5, 5.41) is 10.1. The third-order valence-electron chi connectivity index (χ3n) is 1.83. The predicted molar refractivity (Wildman–Crippen MR) is 43.0 cm³/mol. The lowest BCUT2D eigenvalue weighted by molar-refractivity contribution is -0.132. The summed E-state index contributed by atoms with van der Waals surface area (Å²) in [6.07, 6.45) is 1.42. The molecule has 0 unspecified atom stereocenters. The lowest BCUT2D eigenvalue weighted by Crippen LogP contribution is -2.54. The number of carbonyl (C=O) groups is 3. The topological polar surface area (TPSA) is 104 Å². The van der Waals surface area contributed by atoms with Gasteiger partial charge < -0.3 is 0 Å². The number of nitrogens with one attached hydrogen (secondary N) is 3. The Labute approximate surface area is 77.9 Å². The van der Waals surface area contributed by atoms with Crippen LogP contribution in [-0.2, 0) is 9.59 Å². The molecular weight excluding hydrogens is 188 g/mol. The zero-order valence-electron chi connectivity index (χ0n) is 6.90. The molecule has 14 heavy (non-hydrogen) atoms. The standard InChI is InChI=1S/C7H6N4O3/c12-5-4(3-1-2-8-11-3)6(13)10-7(14)9-5/h1-2,4H,(H,8,11)(H2,9,10,12,13,14). The second-order valence-electron chi connectivity index (χ2n) is 2.75. The van der Waals surface area contributed by atoms with Gasteiger partial charge in [0.1, 0.15) is 0 Å². The van der Waals surface area contributed by atoms with Crippen molar-refractivity contribution >= 4 is 17.8 Å². The molecule has 7 nitrogen and oxygen atoms in total. The van der Waals surface area contributed by atoms with Gasteiger partial charge in [-0.15, -0.1) is 0 Å². The van der Waals surface area contributed by atoms with E-state index in [4.69, 9.17) is 0 Å². The van der Waals surface area contributed by atoms with Gasteiger partial charge >= 0.3 is 6.03 Å². The van der Waals surface area contributed by atoms with Gasteiger partial charge in [0.25, 0.3) is 0 Å². The lowest BCUT2D eigenvalue weighted by Gasteiger charge is -2.18. The molecule has 1 aliphatic heterocycles. The van der Waals surface area contributed by atoms with E-state index in [-0.39, 0.29) is 0 Å². The third kappa shape index (κ3) is 1.24. The van der Waals surface area contributed by atoms with E-state index in [1.807, 2.05) is 10.6 Å². The van der Waals surface area contributed by atoms with Crippen molar-refractivity contribution in [3.63, 3.8) is 0 Å². The molecule has 0 spiro atoms. The quantitative estimate of drug-likeness (QED) is 0.491. The Morgan fingerprint density at radius 2 is 1.79 bits per heavy atom. The molecule has 0 radical (unpaired) electrons. The zero-order valence-corrected chi connectivity index (χ0v) is 6.90. The second-order valence-corrected chi connectivity index (χ2v) is 2.75. The van der Waals surface area contributed by atoms with Crippen LogP contribution in [0.2, 0.25) is 0 Å². The number of imide groups is 2. The number of hydrogen-bond donors (Lipinski definition) is 3. The van der Waals surface area contributed by atoms with Gasteiger partial charge in [0.05, 0.1) is 5.69 Å². The van der Waals surface area contributed by atoms with Gasteiger partial charge in [-0.3, -0.25) is 25.3 Å². The highest BCUT2D eigenvalue weighted by Crippen LogP contribution is 2.14. The first kappa shape index (κ1) is 8.42. The molecule has 1 aromatic rings.